The van der Waals surface area contributed by atoms with Crippen molar-refractivity contribution in [2.24, 2.45) is 0 Å². The summed E-state index contributed by atoms with van der Waals surface area (Å²) in [5, 5.41) is 7.70. The van der Waals surface area contributed by atoms with Crippen molar-refractivity contribution in [3.8, 4) is 0 Å². The fraction of sp³-hybridized carbons (Fsp3) is 0.0769. The van der Waals surface area contributed by atoms with E-state index in [1.165, 1.54) is 5.56 Å². The minimum absolute atomic E-state index is 0.855. The summed E-state index contributed by atoms with van der Waals surface area (Å²) < 4.78 is 0.940. The fourth-order valence-electron chi connectivity index (χ4n) is 1.49. The summed E-state index contributed by atoms with van der Waals surface area (Å²) in [6.45, 7) is 0.855. The summed E-state index contributed by atoms with van der Waals surface area (Å²) in [6, 6.07) is 10.4. The van der Waals surface area contributed by atoms with E-state index >= 15 is 0 Å². The molecule has 0 unspecified atom stereocenters. The third-order valence-electron chi connectivity index (χ3n) is 2.29. The van der Waals surface area contributed by atoms with Gasteiger partial charge < -0.3 is 5.32 Å². The van der Waals surface area contributed by atoms with E-state index in [9.17, 15) is 0 Å². The van der Waals surface area contributed by atoms with Crippen molar-refractivity contribution in [3.05, 3.63) is 55.6 Å². The fourth-order valence-corrected chi connectivity index (χ4v) is 2.65. The van der Waals surface area contributed by atoms with Crippen LogP contribution >= 0.6 is 43.2 Å². The van der Waals surface area contributed by atoms with E-state index in [1.807, 2.05) is 18.2 Å². The van der Waals surface area contributed by atoms with E-state index in [0.29, 0.717) is 0 Å². The number of benzene rings is 1. The second-order valence-corrected chi connectivity index (χ2v) is 7.06. The molecule has 0 aliphatic rings. The van der Waals surface area contributed by atoms with Gasteiger partial charge in [0.1, 0.15) is 0 Å². The van der Waals surface area contributed by atoms with Crippen LogP contribution in [0.2, 0.25) is 0 Å². The van der Waals surface area contributed by atoms with Gasteiger partial charge in [0.2, 0.25) is 0 Å². The van der Waals surface area contributed by atoms with Gasteiger partial charge in [-0.05, 0) is 72.0 Å². The van der Waals surface area contributed by atoms with Crippen LogP contribution in [0.3, 0.4) is 0 Å². The quantitative estimate of drug-likeness (QED) is 0.752. The van der Waals surface area contributed by atoms with E-state index in [2.05, 4.69) is 66.1 Å². The molecular weight excluding hydrogens is 362 g/mol. The first-order chi connectivity index (χ1) is 8.25. The Labute approximate surface area is 122 Å². The molecule has 0 fully saturated rings. The Hall–Kier alpha value is -0.580. The lowest BCUT2D eigenvalue weighted by atomic mass is 10.1. The Balaban J connectivity index is 2.12. The molecule has 0 aliphatic carbocycles. The van der Waals surface area contributed by atoms with Crippen molar-refractivity contribution in [1.29, 1.82) is 0 Å². The van der Waals surface area contributed by atoms with Gasteiger partial charge in [0, 0.05) is 12.2 Å². The molecule has 1 aromatic carbocycles. The molecule has 0 amide bonds. The molecule has 88 valence electrons. The summed E-state index contributed by atoms with van der Waals surface area (Å²) in [4.78, 5) is 0. The predicted molar refractivity (Wildman–Crippen MR) is 83.9 cm³/mol. The molecule has 1 aromatic heterocycles. The van der Waals surface area contributed by atoms with E-state index < -0.39 is 0 Å². The van der Waals surface area contributed by atoms with E-state index in [0.717, 1.165) is 21.2 Å². The standard InChI is InChI=1S/C13H11Br2NS/c14-13(15)7-11-3-1-2-4-12(11)16-8-10-5-6-17-9-10/h1-7,9,16H,8H2. The van der Waals surface area contributed by atoms with Crippen molar-refractivity contribution < 1.29 is 0 Å². The van der Waals surface area contributed by atoms with Crippen molar-refractivity contribution in [2.45, 2.75) is 6.54 Å². The Morgan fingerprint density at radius 2 is 2.06 bits per heavy atom. The smallest absolute Gasteiger partial charge is 0.0610 e. The largest absolute Gasteiger partial charge is 0.380 e. The molecule has 0 spiro atoms. The molecule has 0 bridgehead atoms. The van der Waals surface area contributed by atoms with E-state index in [1.54, 1.807) is 11.3 Å². The maximum atomic E-state index is 3.44. The van der Waals surface area contributed by atoms with Crippen molar-refractivity contribution in [1.82, 2.24) is 0 Å². The van der Waals surface area contributed by atoms with Crippen LogP contribution in [-0.4, -0.2) is 0 Å². The minimum atomic E-state index is 0.855. The highest BCUT2D eigenvalue weighted by Gasteiger charge is 1.99. The zero-order valence-electron chi connectivity index (χ0n) is 8.99. The Bertz CT molecular complexity index is 502. The number of para-hydroxylation sites is 1. The highest BCUT2D eigenvalue weighted by atomic mass is 79.9. The number of anilines is 1. The molecule has 17 heavy (non-hydrogen) atoms. The first-order valence-electron chi connectivity index (χ1n) is 5.12. The molecule has 0 atom stereocenters. The van der Waals surface area contributed by atoms with Crippen LogP contribution < -0.4 is 5.32 Å². The topological polar surface area (TPSA) is 12.0 Å². The Morgan fingerprint density at radius 3 is 2.76 bits per heavy atom. The van der Waals surface area contributed by atoms with E-state index in [-0.39, 0.29) is 0 Å². The minimum Gasteiger partial charge on any atom is -0.380 e. The number of halogens is 2. The van der Waals surface area contributed by atoms with E-state index in [4.69, 9.17) is 0 Å². The lowest BCUT2D eigenvalue weighted by Gasteiger charge is -2.08. The molecule has 0 saturated carbocycles. The second kappa shape index (κ2) is 6.38. The zero-order chi connectivity index (χ0) is 12.1. The summed E-state index contributed by atoms with van der Waals surface area (Å²) in [5.41, 5.74) is 3.60. The average Bonchev–Trinajstić information content (AvgIpc) is 2.80. The monoisotopic (exact) mass is 371 g/mol. The second-order valence-electron chi connectivity index (χ2n) is 3.51. The van der Waals surface area contributed by atoms with Gasteiger partial charge in [-0.25, -0.2) is 0 Å². The summed E-state index contributed by atoms with van der Waals surface area (Å²) in [5.74, 6) is 0. The van der Waals surface area contributed by atoms with Gasteiger partial charge in [-0.2, -0.15) is 11.3 Å². The summed E-state index contributed by atoms with van der Waals surface area (Å²) >= 11 is 8.50. The van der Waals surface area contributed by atoms with Gasteiger partial charge in [-0.1, -0.05) is 18.2 Å². The van der Waals surface area contributed by atoms with Crippen LogP contribution in [0.15, 0.2) is 44.5 Å². The Morgan fingerprint density at radius 1 is 1.24 bits per heavy atom. The molecule has 1 N–H and O–H groups in total. The van der Waals surface area contributed by atoms with Gasteiger partial charge in [-0.3, -0.25) is 0 Å². The maximum absolute atomic E-state index is 3.44. The number of rotatable bonds is 4. The summed E-state index contributed by atoms with van der Waals surface area (Å²) in [6.07, 6.45) is 2.04. The van der Waals surface area contributed by atoms with Crippen molar-refractivity contribution >= 4 is 55.0 Å². The van der Waals surface area contributed by atoms with Crippen molar-refractivity contribution in [2.75, 3.05) is 5.32 Å². The number of nitrogens with one attached hydrogen (secondary N) is 1. The Kier molecular flexibility index (Phi) is 4.83. The van der Waals surface area contributed by atoms with Gasteiger partial charge >= 0.3 is 0 Å². The highest BCUT2D eigenvalue weighted by molar-refractivity contribution is 9.28. The van der Waals surface area contributed by atoms with Crippen LogP contribution in [0.25, 0.3) is 6.08 Å². The zero-order valence-corrected chi connectivity index (χ0v) is 13.0. The van der Waals surface area contributed by atoms with Gasteiger partial charge in [0.25, 0.3) is 0 Å². The van der Waals surface area contributed by atoms with Crippen LogP contribution in [0.5, 0.6) is 0 Å². The molecule has 0 aliphatic heterocycles. The van der Waals surface area contributed by atoms with Crippen LogP contribution in [0.1, 0.15) is 11.1 Å². The summed E-state index contributed by atoms with van der Waals surface area (Å²) in [7, 11) is 0. The van der Waals surface area contributed by atoms with Gasteiger partial charge in [0.05, 0.1) is 3.39 Å². The number of thiophene rings is 1. The number of hydrogen-bond donors (Lipinski definition) is 1. The van der Waals surface area contributed by atoms with Gasteiger partial charge in [0.15, 0.2) is 0 Å². The lowest BCUT2D eigenvalue weighted by Crippen LogP contribution is -1.99. The molecule has 0 radical (unpaired) electrons. The lowest BCUT2D eigenvalue weighted by molar-refractivity contribution is 1.16. The third-order valence-corrected chi connectivity index (χ3v) is 3.48. The van der Waals surface area contributed by atoms with Crippen LogP contribution in [0.4, 0.5) is 5.69 Å². The molecule has 2 aromatic rings. The maximum Gasteiger partial charge on any atom is 0.0610 e. The highest BCUT2D eigenvalue weighted by Crippen LogP contribution is 2.24. The van der Waals surface area contributed by atoms with Crippen LogP contribution in [-0.2, 0) is 6.54 Å². The normalized spacial score (nSPS) is 10.0. The number of hydrogen-bond acceptors (Lipinski definition) is 2. The molecule has 2 rings (SSSR count). The van der Waals surface area contributed by atoms with Crippen LogP contribution in [0, 0.1) is 0 Å². The first kappa shape index (κ1) is 12.9. The predicted octanol–water partition coefficient (Wildman–Crippen LogP) is 5.45. The molecule has 1 nitrogen and oxygen atoms in total. The molecule has 0 saturated heterocycles. The van der Waals surface area contributed by atoms with Gasteiger partial charge in [-0.15, -0.1) is 0 Å². The third kappa shape index (κ3) is 3.98. The average molecular weight is 373 g/mol. The molecule has 4 heteroatoms. The first-order valence-corrected chi connectivity index (χ1v) is 7.65. The van der Waals surface area contributed by atoms with Crippen molar-refractivity contribution in [3.63, 3.8) is 0 Å². The molecular formula is C13H11Br2NS. The molecule has 1 heterocycles. The SMILES string of the molecule is BrC(Br)=Cc1ccccc1NCc1ccsc1.